The Bertz CT molecular complexity index is 928. The van der Waals surface area contributed by atoms with Gasteiger partial charge in [-0.05, 0) is 56.2 Å². The number of rotatable bonds is 5. The van der Waals surface area contributed by atoms with Gasteiger partial charge in [-0.15, -0.1) is 0 Å². The van der Waals surface area contributed by atoms with Crippen LogP contribution in [-0.2, 0) is 4.74 Å². The molecule has 3 fully saturated rings. The Labute approximate surface area is 188 Å². The number of pyridine rings is 2. The molecule has 3 aliphatic rings. The summed E-state index contributed by atoms with van der Waals surface area (Å²) in [5.74, 6) is 1.51. The Kier molecular flexibility index (Phi) is 5.67. The lowest BCUT2D eigenvalue weighted by molar-refractivity contribution is 0.0529. The average molecular weight is 444 g/mol. The van der Waals surface area contributed by atoms with Gasteiger partial charge in [0.25, 0.3) is 0 Å². The lowest BCUT2D eigenvalue weighted by Gasteiger charge is -2.35. The Balaban J connectivity index is 1.32. The Morgan fingerprint density at radius 1 is 1.19 bits per heavy atom. The molecule has 5 rings (SSSR count). The van der Waals surface area contributed by atoms with Crippen molar-refractivity contribution in [2.45, 2.75) is 44.9 Å². The van der Waals surface area contributed by atoms with Crippen LogP contribution in [0.4, 0.5) is 17.3 Å². The predicted molar refractivity (Wildman–Crippen MR) is 123 cm³/mol. The van der Waals surface area contributed by atoms with E-state index in [1.54, 1.807) is 6.20 Å². The van der Waals surface area contributed by atoms with E-state index in [9.17, 15) is 5.11 Å². The molecule has 7 nitrogen and oxygen atoms in total. The van der Waals surface area contributed by atoms with Crippen molar-refractivity contribution in [2.24, 2.45) is 5.41 Å². The van der Waals surface area contributed by atoms with Crippen LogP contribution in [0.5, 0.6) is 0 Å². The molecule has 0 bridgehead atoms. The molecular weight excluding hydrogens is 414 g/mol. The maximum absolute atomic E-state index is 11.0. The molecule has 2 N–H and O–H groups in total. The van der Waals surface area contributed by atoms with Crippen LogP contribution in [0, 0.1) is 5.41 Å². The van der Waals surface area contributed by atoms with Gasteiger partial charge in [-0.25, -0.2) is 9.97 Å². The summed E-state index contributed by atoms with van der Waals surface area (Å²) in [5.41, 5.74) is 2.27. The quantitative estimate of drug-likeness (QED) is 0.537. The largest absolute Gasteiger partial charge is 0.375 e. The number of hydrogen-bond donors (Lipinski definition) is 2. The summed E-state index contributed by atoms with van der Waals surface area (Å²) in [6, 6.07) is 7.69. The number of ether oxygens (including phenoxy) is 1. The van der Waals surface area contributed by atoms with Crippen LogP contribution in [0.3, 0.4) is 0 Å². The van der Waals surface area contributed by atoms with E-state index in [2.05, 4.69) is 27.0 Å². The van der Waals surface area contributed by atoms with Gasteiger partial charge in [0.2, 0.25) is 0 Å². The van der Waals surface area contributed by atoms with E-state index in [1.807, 2.05) is 24.3 Å². The minimum absolute atomic E-state index is 0.180. The van der Waals surface area contributed by atoms with E-state index >= 15 is 0 Å². The highest BCUT2D eigenvalue weighted by atomic mass is 35.5. The van der Waals surface area contributed by atoms with Crippen LogP contribution in [0.2, 0.25) is 5.15 Å². The first-order chi connectivity index (χ1) is 15.0. The normalized spacial score (nSPS) is 23.6. The number of nitrogens with one attached hydrogen (secondary N) is 1. The molecule has 4 heterocycles. The number of anilines is 3. The Morgan fingerprint density at radius 3 is 2.74 bits per heavy atom. The first-order valence-electron chi connectivity index (χ1n) is 11.2. The van der Waals surface area contributed by atoms with Gasteiger partial charge < -0.3 is 25.0 Å². The summed E-state index contributed by atoms with van der Waals surface area (Å²) in [4.78, 5) is 13.5. The van der Waals surface area contributed by atoms with Crippen LogP contribution in [0.25, 0.3) is 0 Å². The monoisotopic (exact) mass is 443 g/mol. The zero-order chi connectivity index (χ0) is 21.4. The highest BCUT2D eigenvalue weighted by Crippen LogP contribution is 2.54. The van der Waals surface area contributed by atoms with Gasteiger partial charge in [0.15, 0.2) is 6.23 Å². The molecule has 0 aromatic carbocycles. The van der Waals surface area contributed by atoms with Gasteiger partial charge in [-0.1, -0.05) is 17.7 Å². The van der Waals surface area contributed by atoms with Crippen molar-refractivity contribution in [3.63, 3.8) is 0 Å². The molecule has 0 radical (unpaired) electrons. The second kappa shape index (κ2) is 8.45. The third-order valence-corrected chi connectivity index (χ3v) is 7.09. The third kappa shape index (κ3) is 4.59. The van der Waals surface area contributed by atoms with E-state index in [1.165, 1.54) is 25.7 Å². The number of nitrogens with zero attached hydrogens (tertiary/aromatic N) is 4. The van der Waals surface area contributed by atoms with Crippen molar-refractivity contribution in [1.82, 2.24) is 9.97 Å². The minimum Gasteiger partial charge on any atom is -0.375 e. The number of aromatic nitrogens is 2. The van der Waals surface area contributed by atoms with Gasteiger partial charge in [0.05, 0.1) is 12.7 Å². The SMILES string of the molecule is C[C@@H]1CN(c2cccc(NC(O)c3cnc(Cl)cc3N3CCC4(CC3)CC4)n2)CCO1. The number of aliphatic hydroxyl groups is 1. The minimum atomic E-state index is -0.928. The molecule has 2 aromatic rings. The lowest BCUT2D eigenvalue weighted by atomic mass is 9.93. The molecule has 31 heavy (non-hydrogen) atoms. The highest BCUT2D eigenvalue weighted by molar-refractivity contribution is 6.29. The lowest BCUT2D eigenvalue weighted by Crippen LogP contribution is -2.41. The fourth-order valence-electron chi connectivity index (χ4n) is 4.74. The van der Waals surface area contributed by atoms with E-state index < -0.39 is 6.23 Å². The molecule has 2 aromatic heterocycles. The summed E-state index contributed by atoms with van der Waals surface area (Å²) >= 11 is 6.22. The van der Waals surface area contributed by atoms with Crippen molar-refractivity contribution in [3.05, 3.63) is 41.2 Å². The van der Waals surface area contributed by atoms with Gasteiger partial charge in [-0.3, -0.25) is 0 Å². The van der Waals surface area contributed by atoms with Gasteiger partial charge >= 0.3 is 0 Å². The Morgan fingerprint density at radius 2 is 2.00 bits per heavy atom. The van der Waals surface area contributed by atoms with Gasteiger partial charge in [0.1, 0.15) is 16.8 Å². The van der Waals surface area contributed by atoms with Crippen LogP contribution < -0.4 is 15.1 Å². The summed E-state index contributed by atoms with van der Waals surface area (Å²) in [6.07, 6.45) is 6.06. The number of aliphatic hydroxyl groups excluding tert-OH is 1. The second-order valence-corrected chi connectivity index (χ2v) is 9.50. The number of piperidine rings is 1. The maximum atomic E-state index is 11.0. The standard InChI is InChI=1S/C23H30ClN5O2/c1-16-15-29(11-12-31-16)21-4-2-3-20(26-21)27-22(30)17-14-25-19(24)13-18(17)28-9-7-23(5-6-23)8-10-28/h2-4,13-14,16,22,30H,5-12,15H2,1H3,(H,26,27)/t16-,22?/m1/s1. The molecule has 1 aliphatic carbocycles. The Hall–Kier alpha value is -2.09. The average Bonchev–Trinajstić information content (AvgIpc) is 3.53. The summed E-state index contributed by atoms with van der Waals surface area (Å²) < 4.78 is 5.63. The third-order valence-electron chi connectivity index (χ3n) is 6.88. The van der Waals surface area contributed by atoms with E-state index in [4.69, 9.17) is 21.3 Å². The molecule has 166 valence electrons. The molecule has 2 saturated heterocycles. The van der Waals surface area contributed by atoms with E-state index in [-0.39, 0.29) is 6.10 Å². The van der Waals surface area contributed by atoms with E-state index in [0.29, 0.717) is 23.0 Å². The first-order valence-corrected chi connectivity index (χ1v) is 11.6. The summed E-state index contributed by atoms with van der Waals surface area (Å²) in [7, 11) is 0. The topological polar surface area (TPSA) is 73.8 Å². The highest BCUT2D eigenvalue weighted by Gasteiger charge is 2.44. The zero-order valence-electron chi connectivity index (χ0n) is 17.9. The molecule has 0 amide bonds. The molecule has 2 aliphatic heterocycles. The van der Waals surface area contributed by atoms with Gasteiger partial charge in [-0.2, -0.15) is 0 Å². The van der Waals surface area contributed by atoms with Crippen molar-refractivity contribution < 1.29 is 9.84 Å². The van der Waals surface area contributed by atoms with Crippen LogP contribution in [0.15, 0.2) is 30.5 Å². The number of halogens is 1. The van der Waals surface area contributed by atoms with Gasteiger partial charge in [0, 0.05) is 43.6 Å². The van der Waals surface area contributed by atoms with Crippen LogP contribution in [0.1, 0.15) is 44.4 Å². The summed E-state index contributed by atoms with van der Waals surface area (Å²) in [6.45, 7) is 6.36. The van der Waals surface area contributed by atoms with Crippen molar-refractivity contribution in [2.75, 3.05) is 47.9 Å². The van der Waals surface area contributed by atoms with Crippen molar-refractivity contribution in [3.8, 4) is 0 Å². The maximum Gasteiger partial charge on any atom is 0.155 e. The molecule has 1 unspecified atom stereocenters. The number of morpholine rings is 1. The smallest absolute Gasteiger partial charge is 0.155 e. The summed E-state index contributed by atoms with van der Waals surface area (Å²) in [5, 5.41) is 14.6. The zero-order valence-corrected chi connectivity index (χ0v) is 18.7. The molecule has 1 spiro atoms. The predicted octanol–water partition coefficient (Wildman–Crippen LogP) is 3.84. The molecule has 2 atom stereocenters. The molecule has 1 saturated carbocycles. The molecular formula is C23H30ClN5O2. The van der Waals surface area contributed by atoms with Crippen LogP contribution >= 0.6 is 11.6 Å². The fraction of sp³-hybridized carbons (Fsp3) is 0.565. The van der Waals surface area contributed by atoms with Crippen molar-refractivity contribution in [1.29, 1.82) is 0 Å². The van der Waals surface area contributed by atoms with E-state index in [0.717, 1.165) is 43.2 Å². The number of hydrogen-bond acceptors (Lipinski definition) is 7. The van der Waals surface area contributed by atoms with Crippen LogP contribution in [-0.4, -0.2) is 54.0 Å². The second-order valence-electron chi connectivity index (χ2n) is 9.11. The van der Waals surface area contributed by atoms with Crippen molar-refractivity contribution >= 4 is 28.9 Å². The molecule has 8 heteroatoms. The first kappa shape index (κ1) is 20.8. The fourth-order valence-corrected chi connectivity index (χ4v) is 4.89.